The number of fused-ring (bicyclic) bond motifs is 2. The lowest BCUT2D eigenvalue weighted by molar-refractivity contribution is 0.318. The predicted octanol–water partition coefficient (Wildman–Crippen LogP) is 2.52. The Balaban J connectivity index is 1.57. The summed E-state index contributed by atoms with van der Waals surface area (Å²) in [6.07, 6.45) is 3.98. The van der Waals surface area contributed by atoms with Crippen LogP contribution in [0, 0.1) is 6.92 Å². The molecule has 0 saturated carbocycles. The molecule has 19 heavy (non-hydrogen) atoms. The normalized spacial score (nSPS) is 27.0. The van der Waals surface area contributed by atoms with Crippen LogP contribution in [-0.4, -0.2) is 40.0 Å². The van der Waals surface area contributed by atoms with Gasteiger partial charge in [0.2, 0.25) is 0 Å². The fourth-order valence-electron chi connectivity index (χ4n) is 3.69. The third-order valence-electron chi connectivity index (χ3n) is 4.56. The summed E-state index contributed by atoms with van der Waals surface area (Å²) in [5, 5.41) is 3.72. The maximum absolute atomic E-state index is 4.45. The molecule has 3 heterocycles. The number of anilines is 1. The van der Waals surface area contributed by atoms with Crippen LogP contribution in [0.2, 0.25) is 0 Å². The molecule has 0 amide bonds. The summed E-state index contributed by atoms with van der Waals surface area (Å²) in [6.45, 7) is 4.55. The summed E-state index contributed by atoms with van der Waals surface area (Å²) in [4.78, 5) is 10.4. The van der Waals surface area contributed by atoms with Crippen LogP contribution in [0.25, 0.3) is 11.0 Å². The predicted molar refractivity (Wildman–Crippen MR) is 77.5 cm³/mol. The maximum Gasteiger partial charge on any atom is 0.104 e. The molecular formula is C15H20N4. The molecule has 0 radical (unpaired) electrons. The van der Waals surface area contributed by atoms with Crippen LogP contribution in [0.1, 0.15) is 25.1 Å². The highest BCUT2D eigenvalue weighted by atomic mass is 15.2. The lowest BCUT2D eigenvalue weighted by atomic mass is 10.1. The first-order valence-corrected chi connectivity index (χ1v) is 7.26. The molecule has 2 N–H and O–H groups in total. The average molecular weight is 256 g/mol. The van der Waals surface area contributed by atoms with E-state index in [4.69, 9.17) is 0 Å². The molecule has 1 aromatic carbocycles. The molecule has 100 valence electrons. The van der Waals surface area contributed by atoms with Gasteiger partial charge < -0.3 is 10.3 Å². The smallest absolute Gasteiger partial charge is 0.104 e. The minimum Gasteiger partial charge on any atom is -0.381 e. The lowest BCUT2D eigenvalue weighted by Crippen LogP contribution is -2.33. The van der Waals surface area contributed by atoms with Crippen molar-refractivity contribution in [3.63, 3.8) is 0 Å². The quantitative estimate of drug-likeness (QED) is 0.867. The molecule has 2 aliphatic rings. The van der Waals surface area contributed by atoms with E-state index in [1.165, 1.54) is 38.0 Å². The lowest BCUT2D eigenvalue weighted by Gasteiger charge is -2.22. The first-order valence-electron chi connectivity index (χ1n) is 7.26. The van der Waals surface area contributed by atoms with Gasteiger partial charge >= 0.3 is 0 Å². The zero-order chi connectivity index (χ0) is 12.8. The highest BCUT2D eigenvalue weighted by Crippen LogP contribution is 2.30. The molecule has 2 fully saturated rings. The number of rotatable bonds is 2. The third-order valence-corrected chi connectivity index (χ3v) is 4.56. The first kappa shape index (κ1) is 11.3. The van der Waals surface area contributed by atoms with Crippen molar-refractivity contribution < 1.29 is 0 Å². The Morgan fingerprint density at radius 2 is 2.26 bits per heavy atom. The Labute approximate surface area is 113 Å². The fourth-order valence-corrected chi connectivity index (χ4v) is 3.69. The van der Waals surface area contributed by atoms with E-state index >= 15 is 0 Å². The molecule has 2 unspecified atom stereocenters. The van der Waals surface area contributed by atoms with Crippen LogP contribution in [-0.2, 0) is 0 Å². The highest BCUT2D eigenvalue weighted by molar-refractivity contribution is 5.79. The number of H-pyrrole nitrogens is 1. The SMILES string of the molecule is Cc1nc2ccc(NC3CCN4CCCC34)cc2[nH]1. The summed E-state index contributed by atoms with van der Waals surface area (Å²) >= 11 is 0. The molecule has 4 heteroatoms. The first-order chi connectivity index (χ1) is 9.29. The molecule has 0 spiro atoms. The maximum atomic E-state index is 4.45. The fraction of sp³-hybridized carbons (Fsp3) is 0.533. The van der Waals surface area contributed by atoms with Crippen LogP contribution in [0.3, 0.4) is 0 Å². The summed E-state index contributed by atoms with van der Waals surface area (Å²) in [6, 6.07) is 7.80. The molecule has 1 aromatic heterocycles. The largest absolute Gasteiger partial charge is 0.381 e. The van der Waals surface area contributed by atoms with E-state index in [2.05, 4.69) is 38.4 Å². The van der Waals surface area contributed by atoms with E-state index in [0.29, 0.717) is 6.04 Å². The molecule has 2 aliphatic heterocycles. The van der Waals surface area contributed by atoms with Crippen LogP contribution in [0.5, 0.6) is 0 Å². The summed E-state index contributed by atoms with van der Waals surface area (Å²) in [5.41, 5.74) is 3.40. The Bertz CT molecular complexity index is 603. The monoisotopic (exact) mass is 256 g/mol. The van der Waals surface area contributed by atoms with Crippen molar-refractivity contribution >= 4 is 16.7 Å². The van der Waals surface area contributed by atoms with Gasteiger partial charge in [-0.1, -0.05) is 0 Å². The summed E-state index contributed by atoms with van der Waals surface area (Å²) in [5.74, 6) is 0.981. The molecule has 4 rings (SSSR count). The van der Waals surface area contributed by atoms with Crippen molar-refractivity contribution in [3.8, 4) is 0 Å². The molecule has 0 bridgehead atoms. The van der Waals surface area contributed by atoms with Gasteiger partial charge in [0.15, 0.2) is 0 Å². The van der Waals surface area contributed by atoms with Gasteiger partial charge in [0.1, 0.15) is 5.82 Å². The number of benzene rings is 1. The van der Waals surface area contributed by atoms with Gasteiger partial charge in [-0.25, -0.2) is 4.98 Å². The molecule has 0 aliphatic carbocycles. The van der Waals surface area contributed by atoms with Crippen molar-refractivity contribution in [1.29, 1.82) is 0 Å². The average Bonchev–Trinajstić information content (AvgIpc) is 3.05. The van der Waals surface area contributed by atoms with Crippen molar-refractivity contribution in [2.75, 3.05) is 18.4 Å². The van der Waals surface area contributed by atoms with E-state index in [9.17, 15) is 0 Å². The second kappa shape index (κ2) is 4.23. The van der Waals surface area contributed by atoms with Crippen molar-refractivity contribution in [1.82, 2.24) is 14.9 Å². The van der Waals surface area contributed by atoms with E-state index < -0.39 is 0 Å². The van der Waals surface area contributed by atoms with E-state index in [1.54, 1.807) is 0 Å². The molecular weight excluding hydrogens is 236 g/mol. The molecule has 2 aromatic rings. The van der Waals surface area contributed by atoms with Gasteiger partial charge in [-0.2, -0.15) is 0 Å². The van der Waals surface area contributed by atoms with Crippen molar-refractivity contribution in [2.24, 2.45) is 0 Å². The third kappa shape index (κ3) is 1.91. The van der Waals surface area contributed by atoms with Gasteiger partial charge in [0, 0.05) is 24.3 Å². The number of aromatic nitrogens is 2. The van der Waals surface area contributed by atoms with Crippen molar-refractivity contribution in [2.45, 2.75) is 38.3 Å². The summed E-state index contributed by atoms with van der Waals surface area (Å²) in [7, 11) is 0. The minimum atomic E-state index is 0.615. The van der Waals surface area contributed by atoms with Crippen molar-refractivity contribution in [3.05, 3.63) is 24.0 Å². The van der Waals surface area contributed by atoms with Gasteiger partial charge in [0.25, 0.3) is 0 Å². The molecule has 2 atom stereocenters. The second-order valence-electron chi connectivity index (χ2n) is 5.84. The Hall–Kier alpha value is -1.55. The second-order valence-corrected chi connectivity index (χ2v) is 5.84. The van der Waals surface area contributed by atoms with Gasteiger partial charge in [0.05, 0.1) is 11.0 Å². The zero-order valence-electron chi connectivity index (χ0n) is 11.3. The zero-order valence-corrected chi connectivity index (χ0v) is 11.3. The number of aromatic amines is 1. The number of nitrogens with one attached hydrogen (secondary N) is 2. The Kier molecular flexibility index (Phi) is 2.52. The standard InChI is InChI=1S/C15H20N4/c1-10-16-12-5-4-11(9-14(12)17-10)18-13-6-8-19-7-2-3-15(13)19/h4-5,9,13,15,18H,2-3,6-8H2,1H3,(H,16,17). The van der Waals surface area contributed by atoms with E-state index in [-0.39, 0.29) is 0 Å². The van der Waals surface area contributed by atoms with E-state index in [1.807, 2.05) is 6.92 Å². The minimum absolute atomic E-state index is 0.615. The Morgan fingerprint density at radius 3 is 3.21 bits per heavy atom. The number of imidazole rings is 1. The topological polar surface area (TPSA) is 44.0 Å². The van der Waals surface area contributed by atoms with Crippen LogP contribution >= 0.6 is 0 Å². The number of hydrogen-bond acceptors (Lipinski definition) is 3. The highest BCUT2D eigenvalue weighted by Gasteiger charge is 2.36. The van der Waals surface area contributed by atoms with Gasteiger partial charge in [-0.15, -0.1) is 0 Å². The van der Waals surface area contributed by atoms with Crippen LogP contribution < -0.4 is 5.32 Å². The van der Waals surface area contributed by atoms with Gasteiger partial charge in [-0.05, 0) is 50.9 Å². The van der Waals surface area contributed by atoms with Gasteiger partial charge in [-0.3, -0.25) is 4.90 Å². The van der Waals surface area contributed by atoms with Crippen LogP contribution in [0.15, 0.2) is 18.2 Å². The van der Waals surface area contributed by atoms with Crippen LogP contribution in [0.4, 0.5) is 5.69 Å². The van der Waals surface area contributed by atoms with E-state index in [0.717, 1.165) is 22.9 Å². The number of nitrogens with zero attached hydrogens (tertiary/aromatic N) is 2. The number of aryl methyl sites for hydroxylation is 1. The Morgan fingerprint density at radius 1 is 1.32 bits per heavy atom. The summed E-state index contributed by atoms with van der Waals surface area (Å²) < 4.78 is 0. The molecule has 2 saturated heterocycles. The number of hydrogen-bond donors (Lipinski definition) is 2. The molecule has 4 nitrogen and oxygen atoms in total.